The van der Waals surface area contributed by atoms with Gasteiger partial charge in [-0.3, -0.25) is 0 Å². The molecule has 2 rings (SSSR count). The largest absolute Gasteiger partial charge is 0.384 e. The molecule has 1 fully saturated rings. The monoisotopic (exact) mass is 291 g/mol. The molecular weight excluding hydrogens is 262 g/mol. The molecule has 0 bridgehead atoms. The van der Waals surface area contributed by atoms with Crippen LogP contribution in [0.2, 0.25) is 0 Å². The highest BCUT2D eigenvalue weighted by Crippen LogP contribution is 2.22. The predicted octanol–water partition coefficient (Wildman–Crippen LogP) is 2.83. The normalized spacial score (nSPS) is 19.8. The van der Waals surface area contributed by atoms with Crippen LogP contribution >= 0.6 is 0 Å². The van der Waals surface area contributed by atoms with Gasteiger partial charge in [0, 0.05) is 38.5 Å². The van der Waals surface area contributed by atoms with E-state index in [2.05, 4.69) is 48.1 Å². The number of nitrogens with zero attached hydrogens (tertiary/aromatic N) is 2. The van der Waals surface area contributed by atoms with Crippen molar-refractivity contribution in [3.63, 3.8) is 0 Å². The minimum atomic E-state index is 0.138. The molecule has 4 nitrogen and oxygen atoms in total. The summed E-state index contributed by atoms with van der Waals surface area (Å²) >= 11 is 0. The molecule has 1 saturated heterocycles. The summed E-state index contributed by atoms with van der Waals surface area (Å²) in [6.45, 7) is 10.4. The van der Waals surface area contributed by atoms with E-state index in [1.54, 1.807) is 7.11 Å². The van der Waals surface area contributed by atoms with Crippen molar-refractivity contribution in [1.82, 2.24) is 10.3 Å². The molecule has 0 aromatic carbocycles. The van der Waals surface area contributed by atoms with Crippen LogP contribution in [0.4, 0.5) is 5.82 Å². The van der Waals surface area contributed by atoms with Crippen molar-refractivity contribution < 1.29 is 4.74 Å². The van der Waals surface area contributed by atoms with E-state index in [1.807, 2.05) is 6.20 Å². The number of ether oxygens (including phenoxy) is 1. The number of anilines is 1. The van der Waals surface area contributed by atoms with Crippen LogP contribution in [0.3, 0.4) is 0 Å². The van der Waals surface area contributed by atoms with Crippen molar-refractivity contribution in [1.29, 1.82) is 0 Å². The van der Waals surface area contributed by atoms with Gasteiger partial charge in [0.25, 0.3) is 0 Å². The summed E-state index contributed by atoms with van der Waals surface area (Å²) in [5.41, 5.74) is 1.37. The number of hydrogen-bond acceptors (Lipinski definition) is 4. The van der Waals surface area contributed by atoms with Crippen LogP contribution in [-0.2, 0) is 11.3 Å². The van der Waals surface area contributed by atoms with Gasteiger partial charge in [0.15, 0.2) is 0 Å². The lowest BCUT2D eigenvalue weighted by Gasteiger charge is -2.33. The lowest BCUT2D eigenvalue weighted by Crippen LogP contribution is -2.37. The molecule has 1 unspecified atom stereocenters. The van der Waals surface area contributed by atoms with Crippen LogP contribution in [0.5, 0.6) is 0 Å². The van der Waals surface area contributed by atoms with Gasteiger partial charge in [-0.05, 0) is 51.2 Å². The Morgan fingerprint density at radius 1 is 1.38 bits per heavy atom. The lowest BCUT2D eigenvalue weighted by molar-refractivity contribution is 0.143. The van der Waals surface area contributed by atoms with E-state index in [0.29, 0.717) is 5.92 Å². The van der Waals surface area contributed by atoms with E-state index in [9.17, 15) is 0 Å². The van der Waals surface area contributed by atoms with Crippen molar-refractivity contribution in [2.45, 2.75) is 45.7 Å². The van der Waals surface area contributed by atoms with Gasteiger partial charge in [0.05, 0.1) is 6.61 Å². The maximum atomic E-state index is 5.29. The van der Waals surface area contributed by atoms with Crippen molar-refractivity contribution in [2.24, 2.45) is 5.92 Å². The molecule has 4 heteroatoms. The first-order valence-corrected chi connectivity index (χ1v) is 7.92. The molecule has 21 heavy (non-hydrogen) atoms. The first-order valence-electron chi connectivity index (χ1n) is 7.92. The molecule has 0 amide bonds. The third-order valence-electron chi connectivity index (χ3n) is 3.88. The summed E-state index contributed by atoms with van der Waals surface area (Å²) in [6.07, 6.45) is 4.48. The average Bonchev–Trinajstić information content (AvgIpc) is 2.46. The number of rotatable bonds is 5. The van der Waals surface area contributed by atoms with E-state index >= 15 is 0 Å². The molecule has 0 saturated carbocycles. The van der Waals surface area contributed by atoms with Gasteiger partial charge in [-0.2, -0.15) is 0 Å². The molecule has 2 heterocycles. The van der Waals surface area contributed by atoms with Crippen molar-refractivity contribution in [3.8, 4) is 0 Å². The standard InChI is InChI=1S/C17H29N3O/c1-17(2,3)19-11-14-7-8-16(18-10-14)20-9-5-6-15(12-20)13-21-4/h7-8,10,15,19H,5-6,9,11-13H2,1-4H3. The smallest absolute Gasteiger partial charge is 0.128 e. The summed E-state index contributed by atoms with van der Waals surface area (Å²) in [7, 11) is 1.79. The fraction of sp³-hybridized carbons (Fsp3) is 0.706. The molecule has 0 spiro atoms. The van der Waals surface area contributed by atoms with Gasteiger partial charge < -0.3 is 15.0 Å². The summed E-state index contributed by atoms with van der Waals surface area (Å²) in [6, 6.07) is 4.33. The predicted molar refractivity (Wildman–Crippen MR) is 87.6 cm³/mol. The minimum Gasteiger partial charge on any atom is -0.384 e. The third kappa shape index (κ3) is 5.29. The summed E-state index contributed by atoms with van der Waals surface area (Å²) in [4.78, 5) is 7.03. The molecule has 1 aromatic heterocycles. The summed E-state index contributed by atoms with van der Waals surface area (Å²) in [5, 5.41) is 3.49. The van der Waals surface area contributed by atoms with Gasteiger partial charge in [-0.15, -0.1) is 0 Å². The fourth-order valence-electron chi connectivity index (χ4n) is 2.72. The quantitative estimate of drug-likeness (QED) is 0.905. The molecule has 1 N–H and O–H groups in total. The molecule has 1 aromatic rings. The van der Waals surface area contributed by atoms with Gasteiger partial charge in [-0.25, -0.2) is 4.98 Å². The van der Waals surface area contributed by atoms with Crippen LogP contribution in [0.25, 0.3) is 0 Å². The van der Waals surface area contributed by atoms with Crippen molar-refractivity contribution >= 4 is 5.82 Å². The second kappa shape index (κ2) is 7.23. The number of aromatic nitrogens is 1. The second-order valence-corrected chi connectivity index (χ2v) is 7.04. The highest BCUT2D eigenvalue weighted by molar-refractivity contribution is 5.39. The third-order valence-corrected chi connectivity index (χ3v) is 3.88. The Morgan fingerprint density at radius 2 is 2.19 bits per heavy atom. The SMILES string of the molecule is COCC1CCCN(c2ccc(CNC(C)(C)C)cn2)C1. The molecule has 0 radical (unpaired) electrons. The minimum absolute atomic E-state index is 0.138. The molecule has 0 aliphatic carbocycles. The zero-order chi connectivity index (χ0) is 15.3. The van der Waals surface area contributed by atoms with Crippen LogP contribution in [0.15, 0.2) is 18.3 Å². The average molecular weight is 291 g/mol. The van der Waals surface area contributed by atoms with Crippen molar-refractivity contribution in [3.05, 3.63) is 23.9 Å². The van der Waals surface area contributed by atoms with Gasteiger partial charge in [0.2, 0.25) is 0 Å². The first kappa shape index (κ1) is 16.2. The zero-order valence-electron chi connectivity index (χ0n) is 13.9. The number of methoxy groups -OCH3 is 1. The van der Waals surface area contributed by atoms with Gasteiger partial charge >= 0.3 is 0 Å². The zero-order valence-corrected chi connectivity index (χ0v) is 13.9. The van der Waals surface area contributed by atoms with Crippen LogP contribution in [0, 0.1) is 5.92 Å². The second-order valence-electron chi connectivity index (χ2n) is 7.04. The van der Waals surface area contributed by atoms with E-state index in [-0.39, 0.29) is 5.54 Å². The Kier molecular flexibility index (Phi) is 5.59. The lowest BCUT2D eigenvalue weighted by atomic mass is 9.99. The summed E-state index contributed by atoms with van der Waals surface area (Å²) in [5.74, 6) is 1.73. The van der Waals surface area contributed by atoms with E-state index < -0.39 is 0 Å². The number of piperidine rings is 1. The Labute approximate surface area is 128 Å². The fourth-order valence-corrected chi connectivity index (χ4v) is 2.72. The molecule has 1 aliphatic heterocycles. The Morgan fingerprint density at radius 3 is 2.81 bits per heavy atom. The highest BCUT2D eigenvalue weighted by Gasteiger charge is 2.20. The first-order chi connectivity index (χ1) is 9.98. The van der Waals surface area contributed by atoms with E-state index in [4.69, 9.17) is 4.74 Å². The van der Waals surface area contributed by atoms with Crippen LogP contribution < -0.4 is 10.2 Å². The van der Waals surface area contributed by atoms with Crippen LogP contribution in [-0.4, -0.2) is 37.3 Å². The topological polar surface area (TPSA) is 37.4 Å². The summed E-state index contributed by atoms with van der Waals surface area (Å²) < 4.78 is 5.29. The highest BCUT2D eigenvalue weighted by atomic mass is 16.5. The molecule has 118 valence electrons. The molecule has 1 atom stereocenters. The molecular formula is C17H29N3O. The van der Waals surface area contributed by atoms with Crippen molar-refractivity contribution in [2.75, 3.05) is 31.7 Å². The van der Waals surface area contributed by atoms with E-state index in [0.717, 1.165) is 32.1 Å². The Hall–Kier alpha value is -1.13. The number of pyridine rings is 1. The molecule has 1 aliphatic rings. The Balaban J connectivity index is 1.92. The maximum absolute atomic E-state index is 5.29. The Bertz CT molecular complexity index is 423. The van der Waals surface area contributed by atoms with Crippen LogP contribution in [0.1, 0.15) is 39.2 Å². The maximum Gasteiger partial charge on any atom is 0.128 e. The number of hydrogen-bond donors (Lipinski definition) is 1. The van der Waals surface area contributed by atoms with Gasteiger partial charge in [0.1, 0.15) is 5.82 Å². The van der Waals surface area contributed by atoms with E-state index in [1.165, 1.54) is 18.4 Å². The van der Waals surface area contributed by atoms with Gasteiger partial charge in [-0.1, -0.05) is 6.07 Å². The number of nitrogens with one attached hydrogen (secondary N) is 1.